The molecule has 2 atom stereocenters. The van der Waals surface area contributed by atoms with Crippen LogP contribution in [0.4, 0.5) is 5.69 Å². The summed E-state index contributed by atoms with van der Waals surface area (Å²) >= 11 is 0. The normalized spacial score (nSPS) is 26.6. The van der Waals surface area contributed by atoms with E-state index in [-0.39, 0.29) is 34.6 Å². The van der Waals surface area contributed by atoms with E-state index in [9.17, 15) is 14.4 Å². The number of carboxylic acid groups (broad SMARTS) is 1. The van der Waals surface area contributed by atoms with Gasteiger partial charge < -0.3 is 5.11 Å². The van der Waals surface area contributed by atoms with Gasteiger partial charge in [0.1, 0.15) is 0 Å². The van der Waals surface area contributed by atoms with Crippen molar-refractivity contribution in [1.29, 1.82) is 0 Å². The van der Waals surface area contributed by atoms with Crippen LogP contribution >= 0.6 is 0 Å². The fourth-order valence-electron chi connectivity index (χ4n) is 3.18. The van der Waals surface area contributed by atoms with Crippen molar-refractivity contribution >= 4 is 23.5 Å². The third-order valence-electron chi connectivity index (χ3n) is 4.51. The molecule has 1 saturated carbocycles. The number of rotatable bonds is 2. The third kappa shape index (κ3) is 1.46. The molecule has 1 aromatic carbocycles. The van der Waals surface area contributed by atoms with Crippen LogP contribution in [0.1, 0.15) is 29.8 Å². The molecule has 2 fully saturated rings. The summed E-state index contributed by atoms with van der Waals surface area (Å²) in [6.07, 6.45) is 0. The Balaban J connectivity index is 2.00. The van der Waals surface area contributed by atoms with Crippen molar-refractivity contribution in [2.24, 2.45) is 17.3 Å². The van der Waals surface area contributed by atoms with Gasteiger partial charge in [0.2, 0.25) is 11.8 Å². The molecule has 5 nitrogen and oxygen atoms in total. The van der Waals surface area contributed by atoms with Crippen molar-refractivity contribution in [3.8, 4) is 0 Å². The largest absolute Gasteiger partial charge is 0.478 e. The predicted molar refractivity (Wildman–Crippen MR) is 71.4 cm³/mol. The van der Waals surface area contributed by atoms with Crippen LogP contribution in [0.2, 0.25) is 0 Å². The molecule has 0 aromatic heterocycles. The van der Waals surface area contributed by atoms with Crippen LogP contribution in [-0.4, -0.2) is 22.9 Å². The van der Waals surface area contributed by atoms with Crippen LogP contribution in [0.5, 0.6) is 0 Å². The number of fused-ring (bicyclic) bond motifs is 1. The zero-order chi connectivity index (χ0) is 14.8. The van der Waals surface area contributed by atoms with Crippen molar-refractivity contribution in [2.75, 3.05) is 4.90 Å². The Bertz CT molecular complexity index is 638. The lowest BCUT2D eigenvalue weighted by Crippen LogP contribution is -2.36. The zero-order valence-electron chi connectivity index (χ0n) is 11.5. The van der Waals surface area contributed by atoms with Gasteiger partial charge in [-0.2, -0.15) is 0 Å². The number of imide groups is 1. The Morgan fingerprint density at radius 2 is 1.75 bits per heavy atom. The number of carboxylic acids is 1. The van der Waals surface area contributed by atoms with E-state index >= 15 is 0 Å². The van der Waals surface area contributed by atoms with Crippen LogP contribution in [0.25, 0.3) is 0 Å². The van der Waals surface area contributed by atoms with Gasteiger partial charge in [-0.05, 0) is 30.0 Å². The third-order valence-corrected chi connectivity index (χ3v) is 4.51. The topological polar surface area (TPSA) is 74.7 Å². The molecule has 1 aromatic rings. The van der Waals surface area contributed by atoms with Crippen LogP contribution < -0.4 is 4.90 Å². The van der Waals surface area contributed by atoms with Crippen LogP contribution in [-0.2, 0) is 9.59 Å². The molecular weight excluding hydrogens is 258 g/mol. The number of anilines is 1. The fraction of sp³-hybridized carbons (Fsp3) is 0.400. The summed E-state index contributed by atoms with van der Waals surface area (Å²) in [6.45, 7) is 5.50. The maximum atomic E-state index is 12.3. The predicted octanol–water partition coefficient (Wildman–Crippen LogP) is 1.84. The van der Waals surface area contributed by atoms with E-state index in [0.717, 1.165) is 4.90 Å². The van der Waals surface area contributed by atoms with E-state index in [1.807, 2.05) is 13.8 Å². The Morgan fingerprint density at radius 3 is 2.25 bits per heavy atom. The minimum absolute atomic E-state index is 0.114. The molecule has 0 radical (unpaired) electrons. The lowest BCUT2D eigenvalue weighted by molar-refractivity contribution is -0.125. The second-order valence-electron chi connectivity index (χ2n) is 6.09. The van der Waals surface area contributed by atoms with Gasteiger partial charge in [-0.3, -0.25) is 9.59 Å². The van der Waals surface area contributed by atoms with Crippen molar-refractivity contribution in [3.63, 3.8) is 0 Å². The molecule has 5 heteroatoms. The number of aryl methyl sites for hydroxylation is 1. The molecule has 104 valence electrons. The summed E-state index contributed by atoms with van der Waals surface area (Å²) in [5, 5.41) is 9.12. The average Bonchev–Trinajstić information content (AvgIpc) is 2.81. The average molecular weight is 273 g/mol. The van der Waals surface area contributed by atoms with Gasteiger partial charge >= 0.3 is 5.97 Å². The molecule has 1 heterocycles. The first-order valence-electron chi connectivity index (χ1n) is 6.48. The Morgan fingerprint density at radius 1 is 1.20 bits per heavy atom. The minimum Gasteiger partial charge on any atom is -0.478 e. The highest BCUT2D eigenvalue weighted by atomic mass is 16.4. The molecule has 1 N–H and O–H groups in total. The van der Waals surface area contributed by atoms with Gasteiger partial charge in [0.25, 0.3) is 0 Å². The molecule has 2 aliphatic rings. The first-order chi connectivity index (χ1) is 9.26. The summed E-state index contributed by atoms with van der Waals surface area (Å²) in [5.74, 6) is -2.02. The molecule has 20 heavy (non-hydrogen) atoms. The first kappa shape index (κ1) is 12.8. The molecule has 0 bridgehead atoms. The maximum Gasteiger partial charge on any atom is 0.336 e. The Hall–Kier alpha value is -2.17. The Kier molecular flexibility index (Phi) is 2.37. The van der Waals surface area contributed by atoms with E-state index < -0.39 is 5.97 Å². The Labute approximate surface area is 116 Å². The molecular formula is C15H15NO4. The number of aromatic carboxylic acids is 1. The highest BCUT2D eigenvalue weighted by molar-refractivity contribution is 6.25. The van der Waals surface area contributed by atoms with E-state index in [4.69, 9.17) is 5.11 Å². The SMILES string of the molecule is Cc1ccc(N2C(=O)C3C(C2=O)C3(C)C)cc1C(=O)O. The van der Waals surface area contributed by atoms with Crippen molar-refractivity contribution in [1.82, 2.24) is 0 Å². The minimum atomic E-state index is -1.06. The molecule has 2 amide bonds. The maximum absolute atomic E-state index is 12.3. The lowest BCUT2D eigenvalue weighted by atomic mass is 10.0. The van der Waals surface area contributed by atoms with Crippen LogP contribution in [0, 0.1) is 24.2 Å². The number of benzene rings is 1. The number of nitrogens with zero attached hydrogens (tertiary/aromatic N) is 1. The summed E-state index contributed by atoms with van der Waals surface area (Å²) in [4.78, 5) is 36.9. The highest BCUT2D eigenvalue weighted by Crippen LogP contribution is 2.63. The zero-order valence-corrected chi connectivity index (χ0v) is 11.5. The fourth-order valence-corrected chi connectivity index (χ4v) is 3.18. The van der Waals surface area contributed by atoms with E-state index in [2.05, 4.69) is 0 Å². The molecule has 3 rings (SSSR count). The van der Waals surface area contributed by atoms with Gasteiger partial charge in [0.15, 0.2) is 0 Å². The van der Waals surface area contributed by atoms with Gasteiger partial charge in [-0.1, -0.05) is 19.9 Å². The summed E-state index contributed by atoms with van der Waals surface area (Å²) in [7, 11) is 0. The smallest absolute Gasteiger partial charge is 0.336 e. The second-order valence-corrected chi connectivity index (χ2v) is 6.09. The van der Waals surface area contributed by atoms with Crippen LogP contribution in [0.15, 0.2) is 18.2 Å². The number of amides is 2. The molecule has 2 unspecified atom stereocenters. The summed E-state index contributed by atoms with van der Waals surface area (Å²) < 4.78 is 0. The van der Waals surface area contributed by atoms with E-state index in [1.165, 1.54) is 6.07 Å². The number of piperidine rings is 1. The second kappa shape index (κ2) is 3.69. The molecule has 1 saturated heterocycles. The number of hydrogen-bond donors (Lipinski definition) is 1. The lowest BCUT2D eigenvalue weighted by Gasteiger charge is -2.21. The van der Waals surface area contributed by atoms with E-state index in [0.29, 0.717) is 11.3 Å². The first-order valence-corrected chi connectivity index (χ1v) is 6.48. The van der Waals surface area contributed by atoms with E-state index in [1.54, 1.807) is 19.1 Å². The highest BCUT2D eigenvalue weighted by Gasteiger charge is 2.72. The molecule has 1 aliphatic heterocycles. The van der Waals surface area contributed by atoms with Gasteiger partial charge in [-0.25, -0.2) is 9.69 Å². The summed E-state index contributed by atoms with van der Waals surface area (Å²) in [6, 6.07) is 4.63. The van der Waals surface area contributed by atoms with Crippen molar-refractivity contribution < 1.29 is 19.5 Å². The van der Waals surface area contributed by atoms with Gasteiger partial charge in [0.05, 0.1) is 23.1 Å². The number of hydrogen-bond acceptors (Lipinski definition) is 3. The van der Waals surface area contributed by atoms with Gasteiger partial charge in [-0.15, -0.1) is 0 Å². The van der Waals surface area contributed by atoms with Crippen molar-refractivity contribution in [3.05, 3.63) is 29.3 Å². The number of carbonyl (C=O) groups is 3. The molecule has 1 aliphatic carbocycles. The quantitative estimate of drug-likeness (QED) is 0.834. The number of carbonyl (C=O) groups excluding carboxylic acids is 2. The standard InChI is InChI=1S/C15H15NO4/c1-7-4-5-8(6-9(7)14(19)20)16-12(17)10-11(13(16)18)15(10,2)3/h4-6,10-11H,1-3H3,(H,19,20). The van der Waals surface area contributed by atoms with Gasteiger partial charge in [0, 0.05) is 0 Å². The van der Waals surface area contributed by atoms with Crippen molar-refractivity contribution in [2.45, 2.75) is 20.8 Å². The monoisotopic (exact) mass is 273 g/mol. The summed E-state index contributed by atoms with van der Waals surface area (Å²) in [5.41, 5.74) is 0.810. The van der Waals surface area contributed by atoms with Crippen LogP contribution in [0.3, 0.4) is 0 Å². The molecule has 0 spiro atoms.